The number of ether oxygens (including phenoxy) is 1. The second kappa shape index (κ2) is 4.60. The zero-order chi connectivity index (χ0) is 14.3. The number of hydrogen-bond donors (Lipinski definition) is 0. The van der Waals surface area contributed by atoms with Gasteiger partial charge >= 0.3 is 5.97 Å². The molecule has 0 bridgehead atoms. The number of fused-ring (bicyclic) bond motifs is 3. The van der Waals surface area contributed by atoms with Gasteiger partial charge in [-0.3, -0.25) is 0 Å². The highest BCUT2D eigenvalue weighted by Gasteiger charge is 2.54. The van der Waals surface area contributed by atoms with E-state index in [4.69, 9.17) is 4.74 Å². The van der Waals surface area contributed by atoms with Gasteiger partial charge in [0.05, 0.1) is 12.7 Å². The van der Waals surface area contributed by atoms with E-state index >= 15 is 0 Å². The quantitative estimate of drug-likeness (QED) is 0.794. The lowest BCUT2D eigenvalue weighted by Gasteiger charge is -2.24. The number of nitrogens with zero attached hydrogens (tertiary/aromatic N) is 1. The van der Waals surface area contributed by atoms with Crippen LogP contribution < -0.4 is 0 Å². The smallest absolute Gasteiger partial charge is 0.331 e. The number of thiophene rings is 1. The molecular weight excluding hydrogens is 270 g/mol. The highest BCUT2D eigenvalue weighted by molar-refractivity contribution is 7.19. The van der Waals surface area contributed by atoms with Crippen LogP contribution in [-0.4, -0.2) is 12.6 Å². The second-order valence-electron chi connectivity index (χ2n) is 5.14. The molecule has 0 fully saturated rings. The van der Waals surface area contributed by atoms with Gasteiger partial charge in [0.1, 0.15) is 0 Å². The molecule has 0 saturated carbocycles. The fourth-order valence-electron chi connectivity index (χ4n) is 3.11. The van der Waals surface area contributed by atoms with E-state index in [1.807, 2.05) is 31.2 Å². The molecule has 2 atom stereocenters. The number of nitriles is 1. The Morgan fingerprint density at radius 1 is 1.55 bits per heavy atom. The molecule has 2 unspecified atom stereocenters. The summed E-state index contributed by atoms with van der Waals surface area (Å²) in [7, 11) is 0. The van der Waals surface area contributed by atoms with Crippen LogP contribution >= 0.6 is 11.3 Å². The molecule has 1 aromatic heterocycles. The first kappa shape index (κ1) is 13.1. The van der Waals surface area contributed by atoms with E-state index in [1.165, 1.54) is 0 Å². The maximum absolute atomic E-state index is 12.5. The Hall–Kier alpha value is -1.86. The molecule has 1 aliphatic rings. The summed E-state index contributed by atoms with van der Waals surface area (Å²) in [5.41, 5.74) is -0.267. The van der Waals surface area contributed by atoms with E-state index in [-0.39, 0.29) is 5.92 Å². The van der Waals surface area contributed by atoms with Crippen molar-refractivity contribution in [2.45, 2.75) is 25.7 Å². The van der Waals surface area contributed by atoms with E-state index in [2.05, 4.69) is 6.07 Å². The van der Waals surface area contributed by atoms with Gasteiger partial charge in [0.15, 0.2) is 5.41 Å². The van der Waals surface area contributed by atoms with Crippen molar-refractivity contribution in [3.05, 3.63) is 34.7 Å². The first-order valence-corrected chi connectivity index (χ1v) is 7.56. The average Bonchev–Trinajstić information content (AvgIpc) is 2.92. The lowest BCUT2D eigenvalue weighted by Crippen LogP contribution is -2.39. The summed E-state index contributed by atoms with van der Waals surface area (Å²) in [6, 6.07) is 10.2. The summed E-state index contributed by atoms with van der Waals surface area (Å²) in [6.45, 7) is 4.03. The summed E-state index contributed by atoms with van der Waals surface area (Å²) < 4.78 is 6.34. The average molecular weight is 285 g/mol. The number of rotatable bonds is 2. The lowest BCUT2D eigenvalue weighted by atomic mass is 9.76. The van der Waals surface area contributed by atoms with Gasteiger partial charge in [-0.05, 0) is 30.7 Å². The van der Waals surface area contributed by atoms with Crippen molar-refractivity contribution in [1.29, 1.82) is 5.26 Å². The van der Waals surface area contributed by atoms with Gasteiger partial charge in [-0.2, -0.15) is 5.26 Å². The van der Waals surface area contributed by atoms with E-state index < -0.39 is 11.4 Å². The molecule has 0 radical (unpaired) electrons. The third-order valence-electron chi connectivity index (χ3n) is 4.07. The van der Waals surface area contributed by atoms with Crippen molar-refractivity contribution in [2.75, 3.05) is 6.61 Å². The molecule has 2 aromatic rings. The Morgan fingerprint density at radius 2 is 2.30 bits per heavy atom. The van der Waals surface area contributed by atoms with Crippen molar-refractivity contribution in [1.82, 2.24) is 0 Å². The minimum absolute atomic E-state index is 0.0441. The Balaban J connectivity index is 2.28. The molecule has 20 heavy (non-hydrogen) atoms. The third-order valence-corrected chi connectivity index (χ3v) is 5.26. The predicted molar refractivity (Wildman–Crippen MR) is 78.6 cm³/mol. The molecule has 102 valence electrons. The minimum Gasteiger partial charge on any atom is -0.465 e. The van der Waals surface area contributed by atoms with Crippen molar-refractivity contribution in [2.24, 2.45) is 5.92 Å². The highest BCUT2D eigenvalue weighted by Crippen LogP contribution is 2.50. The summed E-state index contributed by atoms with van der Waals surface area (Å²) in [6.07, 6.45) is 0.765. The Morgan fingerprint density at radius 3 is 3.00 bits per heavy atom. The van der Waals surface area contributed by atoms with E-state index in [0.717, 1.165) is 26.9 Å². The van der Waals surface area contributed by atoms with Crippen molar-refractivity contribution < 1.29 is 9.53 Å². The summed E-state index contributed by atoms with van der Waals surface area (Å²) >= 11 is 1.68. The monoisotopic (exact) mass is 285 g/mol. The van der Waals surface area contributed by atoms with Crippen LogP contribution in [0.15, 0.2) is 24.3 Å². The molecular formula is C16H15NO2S. The van der Waals surface area contributed by atoms with Gasteiger partial charge in [0, 0.05) is 15.1 Å². The zero-order valence-electron chi connectivity index (χ0n) is 11.5. The standard InChI is InChI=1S/C16H15NO2S/c1-3-19-15(18)16(9-17)10(2)8-13-14(16)11-6-4-5-7-12(11)20-13/h4-7,10H,3,8H2,1-2H3. The van der Waals surface area contributed by atoms with Crippen molar-refractivity contribution >= 4 is 27.4 Å². The fraction of sp³-hybridized carbons (Fsp3) is 0.375. The van der Waals surface area contributed by atoms with E-state index in [1.54, 1.807) is 18.3 Å². The summed E-state index contributed by atoms with van der Waals surface area (Å²) in [5, 5.41) is 10.8. The normalized spacial score (nSPS) is 24.4. The van der Waals surface area contributed by atoms with Crippen LogP contribution in [0.1, 0.15) is 24.3 Å². The van der Waals surface area contributed by atoms with E-state index in [0.29, 0.717) is 6.61 Å². The molecule has 0 saturated heterocycles. The third kappa shape index (κ3) is 1.53. The topological polar surface area (TPSA) is 50.1 Å². The summed E-state index contributed by atoms with van der Waals surface area (Å²) in [4.78, 5) is 13.6. The maximum Gasteiger partial charge on any atom is 0.331 e. The lowest BCUT2D eigenvalue weighted by molar-refractivity contribution is -0.149. The van der Waals surface area contributed by atoms with Gasteiger partial charge in [-0.25, -0.2) is 4.79 Å². The van der Waals surface area contributed by atoms with Crippen LogP contribution in [0.25, 0.3) is 10.1 Å². The van der Waals surface area contributed by atoms with Crippen LogP contribution in [0, 0.1) is 17.2 Å². The molecule has 1 aliphatic carbocycles. The van der Waals surface area contributed by atoms with Crippen LogP contribution in [-0.2, 0) is 21.4 Å². The van der Waals surface area contributed by atoms with Gasteiger partial charge < -0.3 is 4.74 Å². The highest BCUT2D eigenvalue weighted by atomic mass is 32.1. The molecule has 3 rings (SSSR count). The predicted octanol–water partition coefficient (Wildman–Crippen LogP) is 3.42. The van der Waals surface area contributed by atoms with Crippen LogP contribution in [0.3, 0.4) is 0 Å². The van der Waals surface area contributed by atoms with Gasteiger partial charge in [0.25, 0.3) is 0 Å². The molecule has 3 nitrogen and oxygen atoms in total. The molecule has 0 spiro atoms. The van der Waals surface area contributed by atoms with Gasteiger partial charge in [-0.15, -0.1) is 11.3 Å². The van der Waals surface area contributed by atoms with Crippen LogP contribution in [0.5, 0.6) is 0 Å². The largest absolute Gasteiger partial charge is 0.465 e. The number of hydrogen-bond acceptors (Lipinski definition) is 4. The number of carbonyl (C=O) groups is 1. The number of benzene rings is 1. The van der Waals surface area contributed by atoms with Crippen LogP contribution in [0.2, 0.25) is 0 Å². The first-order valence-electron chi connectivity index (χ1n) is 6.74. The Bertz CT molecular complexity index is 728. The molecule has 1 heterocycles. The van der Waals surface area contributed by atoms with Crippen molar-refractivity contribution in [3.8, 4) is 6.07 Å². The molecule has 0 amide bonds. The number of carbonyl (C=O) groups excluding carboxylic acids is 1. The maximum atomic E-state index is 12.5. The second-order valence-corrected chi connectivity index (χ2v) is 6.28. The molecule has 1 aromatic carbocycles. The van der Waals surface area contributed by atoms with Gasteiger partial charge in [-0.1, -0.05) is 25.1 Å². The minimum atomic E-state index is -1.15. The van der Waals surface area contributed by atoms with E-state index in [9.17, 15) is 10.1 Å². The Labute approximate surface area is 121 Å². The molecule has 4 heteroatoms. The summed E-state index contributed by atoms with van der Waals surface area (Å²) in [5.74, 6) is -0.449. The fourth-order valence-corrected chi connectivity index (χ4v) is 4.51. The van der Waals surface area contributed by atoms with Crippen molar-refractivity contribution in [3.63, 3.8) is 0 Å². The van der Waals surface area contributed by atoms with Gasteiger partial charge in [0.2, 0.25) is 0 Å². The number of esters is 1. The molecule has 0 N–H and O–H groups in total. The first-order chi connectivity index (χ1) is 9.65. The zero-order valence-corrected chi connectivity index (χ0v) is 12.3. The SMILES string of the molecule is CCOC(=O)C1(C#N)c2c(sc3ccccc23)CC1C. The van der Waals surface area contributed by atoms with Crippen LogP contribution in [0.4, 0.5) is 0 Å². The Kier molecular flexibility index (Phi) is 3.02. The molecule has 0 aliphatic heterocycles.